The topological polar surface area (TPSA) is 55.1 Å². The lowest BCUT2D eigenvalue weighted by molar-refractivity contribution is -0.118. The van der Waals surface area contributed by atoms with Crippen LogP contribution in [0.25, 0.3) is 0 Å². The average Bonchev–Trinajstić information content (AvgIpc) is 2.45. The van der Waals surface area contributed by atoms with Crippen LogP contribution in [0.15, 0.2) is 18.2 Å². The second-order valence-electron chi connectivity index (χ2n) is 5.59. The Morgan fingerprint density at radius 3 is 2.60 bits per heavy atom. The van der Waals surface area contributed by atoms with Gasteiger partial charge in [-0.3, -0.25) is 4.79 Å². The molecule has 20 heavy (non-hydrogen) atoms. The smallest absolute Gasteiger partial charge is 0.225 e. The number of hydrogen-bond acceptors (Lipinski definition) is 2. The van der Waals surface area contributed by atoms with Gasteiger partial charge in [-0.25, -0.2) is 0 Å². The van der Waals surface area contributed by atoms with E-state index in [1.165, 1.54) is 6.42 Å². The fourth-order valence-electron chi connectivity index (χ4n) is 2.89. The van der Waals surface area contributed by atoms with E-state index in [-0.39, 0.29) is 11.3 Å². The average molecular weight is 315 g/mol. The van der Waals surface area contributed by atoms with E-state index in [1.807, 2.05) is 0 Å². The van der Waals surface area contributed by atoms with E-state index in [2.05, 4.69) is 5.32 Å². The van der Waals surface area contributed by atoms with Gasteiger partial charge in [0.15, 0.2) is 0 Å². The highest BCUT2D eigenvalue weighted by atomic mass is 35.5. The van der Waals surface area contributed by atoms with Gasteiger partial charge in [-0.1, -0.05) is 48.5 Å². The molecule has 1 saturated carbocycles. The van der Waals surface area contributed by atoms with Gasteiger partial charge in [0.25, 0.3) is 0 Å². The number of benzene rings is 1. The number of carbonyl (C=O) groups excluding carboxylic acids is 1. The Balaban J connectivity index is 2.03. The zero-order valence-electron chi connectivity index (χ0n) is 11.4. The van der Waals surface area contributed by atoms with E-state index in [4.69, 9.17) is 28.9 Å². The van der Waals surface area contributed by atoms with Crippen LogP contribution in [0.2, 0.25) is 10.0 Å². The van der Waals surface area contributed by atoms with E-state index in [1.54, 1.807) is 18.2 Å². The van der Waals surface area contributed by atoms with Crippen molar-refractivity contribution in [2.75, 3.05) is 11.9 Å². The maximum Gasteiger partial charge on any atom is 0.225 e. The molecule has 3 N–H and O–H groups in total. The Hall–Kier alpha value is -0.770. The maximum atomic E-state index is 12.2. The first-order valence-corrected chi connectivity index (χ1v) is 7.76. The van der Waals surface area contributed by atoms with Crippen LogP contribution in [0.4, 0.5) is 5.69 Å². The highest BCUT2D eigenvalue weighted by Gasteiger charge is 2.33. The zero-order chi connectivity index (χ0) is 14.6. The minimum atomic E-state index is -0.0482. The molecular weight excluding hydrogens is 295 g/mol. The number of carbonyl (C=O) groups is 1. The van der Waals surface area contributed by atoms with Crippen molar-refractivity contribution in [3.8, 4) is 0 Å². The summed E-state index contributed by atoms with van der Waals surface area (Å²) in [6.07, 6.45) is 6.06. The third-order valence-electron chi connectivity index (χ3n) is 4.11. The quantitative estimate of drug-likeness (QED) is 0.873. The van der Waals surface area contributed by atoms with Crippen molar-refractivity contribution in [3.05, 3.63) is 28.2 Å². The van der Waals surface area contributed by atoms with E-state index in [0.717, 1.165) is 25.7 Å². The summed E-state index contributed by atoms with van der Waals surface area (Å²) in [6.45, 7) is 0.559. The number of hydrogen-bond donors (Lipinski definition) is 2. The van der Waals surface area contributed by atoms with Gasteiger partial charge >= 0.3 is 0 Å². The molecule has 2 rings (SSSR count). The summed E-state index contributed by atoms with van der Waals surface area (Å²) < 4.78 is 0. The molecule has 1 aromatic carbocycles. The molecule has 0 aliphatic heterocycles. The second-order valence-corrected chi connectivity index (χ2v) is 6.38. The molecule has 1 aromatic rings. The van der Waals surface area contributed by atoms with E-state index >= 15 is 0 Å². The number of anilines is 1. The molecule has 5 heteroatoms. The molecule has 1 aliphatic carbocycles. The number of halogens is 2. The highest BCUT2D eigenvalue weighted by Crippen LogP contribution is 2.39. The van der Waals surface area contributed by atoms with Gasteiger partial charge in [0.05, 0.1) is 15.7 Å². The molecule has 0 saturated heterocycles. The molecule has 0 heterocycles. The number of nitrogens with one attached hydrogen (secondary N) is 1. The lowest BCUT2D eigenvalue weighted by Gasteiger charge is -2.35. The van der Waals surface area contributed by atoms with E-state index < -0.39 is 0 Å². The van der Waals surface area contributed by atoms with Crippen LogP contribution < -0.4 is 11.1 Å². The van der Waals surface area contributed by atoms with Gasteiger partial charge in [-0.15, -0.1) is 0 Å². The highest BCUT2D eigenvalue weighted by molar-refractivity contribution is 6.43. The monoisotopic (exact) mass is 314 g/mol. The van der Waals surface area contributed by atoms with E-state index in [9.17, 15) is 4.79 Å². The normalized spacial score (nSPS) is 17.8. The molecule has 0 bridgehead atoms. The Kier molecular flexibility index (Phi) is 5.30. The number of nitrogens with two attached hydrogens (primary N) is 1. The van der Waals surface area contributed by atoms with Gasteiger partial charge in [0.2, 0.25) is 5.91 Å². The van der Waals surface area contributed by atoms with Crippen molar-refractivity contribution in [1.29, 1.82) is 0 Å². The van der Waals surface area contributed by atoms with Crippen molar-refractivity contribution < 1.29 is 4.79 Å². The molecule has 1 amide bonds. The summed E-state index contributed by atoms with van der Waals surface area (Å²) in [7, 11) is 0. The summed E-state index contributed by atoms with van der Waals surface area (Å²) in [5.41, 5.74) is 6.42. The third kappa shape index (κ3) is 3.66. The van der Waals surface area contributed by atoms with Crippen LogP contribution in [-0.2, 0) is 4.79 Å². The molecule has 1 fully saturated rings. The molecule has 110 valence electrons. The van der Waals surface area contributed by atoms with Crippen molar-refractivity contribution in [2.45, 2.75) is 38.5 Å². The Bertz CT molecular complexity index is 485. The number of amides is 1. The molecule has 3 nitrogen and oxygen atoms in total. The van der Waals surface area contributed by atoms with Crippen LogP contribution in [0, 0.1) is 5.41 Å². The van der Waals surface area contributed by atoms with Gasteiger partial charge in [0, 0.05) is 6.42 Å². The lowest BCUT2D eigenvalue weighted by Crippen LogP contribution is -2.36. The second kappa shape index (κ2) is 6.79. The fraction of sp³-hybridized carbons (Fsp3) is 0.533. The molecular formula is C15H20Cl2N2O. The molecule has 0 unspecified atom stereocenters. The van der Waals surface area contributed by atoms with Crippen LogP contribution in [-0.4, -0.2) is 12.5 Å². The predicted molar refractivity (Wildman–Crippen MR) is 84.3 cm³/mol. The molecule has 0 atom stereocenters. The van der Waals surface area contributed by atoms with Crippen molar-refractivity contribution >= 4 is 34.8 Å². The van der Waals surface area contributed by atoms with Gasteiger partial charge in [-0.2, -0.15) is 0 Å². The summed E-state index contributed by atoms with van der Waals surface area (Å²) in [4.78, 5) is 12.2. The van der Waals surface area contributed by atoms with Crippen LogP contribution >= 0.6 is 23.2 Å². The summed E-state index contributed by atoms with van der Waals surface area (Å²) in [5.74, 6) is -0.0403. The lowest BCUT2D eigenvalue weighted by atomic mass is 9.71. The Labute approximate surface area is 129 Å². The fourth-order valence-corrected chi connectivity index (χ4v) is 3.24. The molecule has 0 radical (unpaired) electrons. The standard InChI is InChI=1S/C15H20Cl2N2O/c16-11-5-4-6-12(14(11)17)19-13(20)9-15(10-18)7-2-1-3-8-15/h4-6H,1-3,7-10,18H2,(H,19,20). The van der Waals surface area contributed by atoms with Crippen molar-refractivity contribution in [1.82, 2.24) is 0 Å². The molecule has 0 spiro atoms. The molecule has 1 aliphatic rings. The summed E-state index contributed by atoms with van der Waals surface area (Å²) >= 11 is 12.0. The SMILES string of the molecule is NCC1(CC(=O)Nc2cccc(Cl)c2Cl)CCCCC1. The van der Waals surface area contributed by atoms with Crippen molar-refractivity contribution in [2.24, 2.45) is 11.1 Å². The Morgan fingerprint density at radius 1 is 1.25 bits per heavy atom. The summed E-state index contributed by atoms with van der Waals surface area (Å²) in [6, 6.07) is 5.22. The largest absolute Gasteiger partial charge is 0.330 e. The molecule has 0 aromatic heterocycles. The minimum Gasteiger partial charge on any atom is -0.330 e. The summed E-state index contributed by atoms with van der Waals surface area (Å²) in [5, 5.41) is 3.67. The zero-order valence-corrected chi connectivity index (χ0v) is 12.9. The number of rotatable bonds is 4. The van der Waals surface area contributed by atoms with Crippen LogP contribution in [0.5, 0.6) is 0 Å². The van der Waals surface area contributed by atoms with Gasteiger partial charge < -0.3 is 11.1 Å². The van der Waals surface area contributed by atoms with E-state index in [0.29, 0.717) is 28.7 Å². The maximum absolute atomic E-state index is 12.2. The first-order chi connectivity index (χ1) is 9.56. The van der Waals surface area contributed by atoms with Crippen LogP contribution in [0.1, 0.15) is 38.5 Å². The first kappa shape index (κ1) is 15.6. The minimum absolute atomic E-state index is 0.0403. The first-order valence-electron chi connectivity index (χ1n) is 7.00. The van der Waals surface area contributed by atoms with Gasteiger partial charge in [-0.05, 0) is 36.9 Å². The Morgan fingerprint density at radius 2 is 1.95 bits per heavy atom. The van der Waals surface area contributed by atoms with Crippen molar-refractivity contribution in [3.63, 3.8) is 0 Å². The predicted octanol–water partition coefficient (Wildman–Crippen LogP) is 4.23. The van der Waals surface area contributed by atoms with Gasteiger partial charge in [0.1, 0.15) is 0 Å². The van der Waals surface area contributed by atoms with Crippen LogP contribution in [0.3, 0.4) is 0 Å². The third-order valence-corrected chi connectivity index (χ3v) is 4.93.